The van der Waals surface area contributed by atoms with Crippen molar-refractivity contribution in [2.24, 2.45) is 0 Å². The van der Waals surface area contributed by atoms with Crippen LogP contribution in [0.2, 0.25) is 0 Å². The molecule has 1 saturated heterocycles. The number of piperidine rings is 1. The highest BCUT2D eigenvalue weighted by molar-refractivity contribution is 5.85. The summed E-state index contributed by atoms with van der Waals surface area (Å²) < 4.78 is 0. The summed E-state index contributed by atoms with van der Waals surface area (Å²) in [7, 11) is 0. The van der Waals surface area contributed by atoms with Crippen molar-refractivity contribution in [3.8, 4) is 0 Å². The molecule has 2 nitrogen and oxygen atoms in total. The molecule has 1 heterocycles. The van der Waals surface area contributed by atoms with Crippen LogP contribution in [0.4, 0.5) is 0 Å². The molecule has 1 aliphatic rings. The maximum atomic E-state index is 3.44. The zero-order valence-electron chi connectivity index (χ0n) is 6.93. The molecule has 0 aliphatic carbocycles. The van der Waals surface area contributed by atoms with Gasteiger partial charge >= 0.3 is 0 Å². The molecule has 70 valence electrons. The van der Waals surface area contributed by atoms with Crippen LogP contribution >= 0.6 is 24.8 Å². The Labute approximate surface area is 81.3 Å². The average Bonchev–Trinajstić information content (AvgIpc) is 1.91. The molecule has 1 aliphatic heterocycles. The molecule has 0 spiro atoms. The van der Waals surface area contributed by atoms with Gasteiger partial charge in [-0.2, -0.15) is 0 Å². The fraction of sp³-hybridized carbons (Fsp3) is 1.00. The van der Waals surface area contributed by atoms with Gasteiger partial charge in [-0.1, -0.05) is 6.92 Å². The molecule has 0 aromatic heterocycles. The Morgan fingerprint density at radius 2 is 1.82 bits per heavy atom. The van der Waals surface area contributed by atoms with Gasteiger partial charge < -0.3 is 10.6 Å². The third kappa shape index (κ3) is 5.74. The van der Waals surface area contributed by atoms with Gasteiger partial charge in [-0.05, 0) is 32.5 Å². The van der Waals surface area contributed by atoms with Crippen molar-refractivity contribution in [1.82, 2.24) is 10.6 Å². The van der Waals surface area contributed by atoms with E-state index in [1.54, 1.807) is 0 Å². The van der Waals surface area contributed by atoms with Crippen LogP contribution in [0.5, 0.6) is 0 Å². The first kappa shape index (κ1) is 14.0. The smallest absolute Gasteiger partial charge is 0.00911 e. The number of halogens is 2. The summed E-state index contributed by atoms with van der Waals surface area (Å²) in [6, 6.07) is 0.788. The van der Waals surface area contributed by atoms with E-state index < -0.39 is 0 Å². The van der Waals surface area contributed by atoms with E-state index >= 15 is 0 Å². The summed E-state index contributed by atoms with van der Waals surface area (Å²) in [4.78, 5) is 0. The predicted molar refractivity (Wildman–Crippen MR) is 54.1 cm³/mol. The number of nitrogens with one attached hydrogen (secondary N) is 2. The van der Waals surface area contributed by atoms with E-state index in [1.165, 1.54) is 25.9 Å². The van der Waals surface area contributed by atoms with Crippen molar-refractivity contribution < 1.29 is 0 Å². The molecular weight excluding hydrogens is 183 g/mol. The lowest BCUT2D eigenvalue weighted by molar-refractivity contribution is 0.394. The van der Waals surface area contributed by atoms with Gasteiger partial charge in [0.05, 0.1) is 0 Å². The van der Waals surface area contributed by atoms with E-state index in [-0.39, 0.29) is 24.8 Å². The Bertz CT molecular complexity index is 72.1. The van der Waals surface area contributed by atoms with Gasteiger partial charge in [-0.25, -0.2) is 0 Å². The molecule has 2 N–H and O–H groups in total. The molecule has 0 radical (unpaired) electrons. The monoisotopic (exact) mass is 200 g/mol. The zero-order chi connectivity index (χ0) is 6.53. The molecule has 11 heavy (non-hydrogen) atoms. The van der Waals surface area contributed by atoms with Crippen LogP contribution in [0.25, 0.3) is 0 Å². The molecule has 4 heteroatoms. The van der Waals surface area contributed by atoms with Crippen LogP contribution in [-0.4, -0.2) is 25.7 Å². The van der Waals surface area contributed by atoms with Gasteiger partial charge in [0.15, 0.2) is 0 Å². The predicted octanol–water partition coefficient (Wildman–Crippen LogP) is 1.19. The van der Waals surface area contributed by atoms with Gasteiger partial charge in [0.1, 0.15) is 0 Å². The van der Waals surface area contributed by atoms with Gasteiger partial charge in [-0.3, -0.25) is 0 Å². The molecule has 0 aromatic rings. The second kappa shape index (κ2) is 8.60. The SMILES string of the molecule is CCNC1CCNCC1.Cl.Cl. The van der Waals surface area contributed by atoms with E-state index in [2.05, 4.69) is 17.6 Å². The highest BCUT2D eigenvalue weighted by Crippen LogP contribution is 2.00. The maximum absolute atomic E-state index is 3.44. The zero-order valence-corrected chi connectivity index (χ0v) is 8.56. The summed E-state index contributed by atoms with van der Waals surface area (Å²) in [6.45, 7) is 5.67. The van der Waals surface area contributed by atoms with Crippen LogP contribution in [0.3, 0.4) is 0 Å². The van der Waals surface area contributed by atoms with Crippen molar-refractivity contribution in [1.29, 1.82) is 0 Å². The Kier molecular flexibility index (Phi) is 11.0. The molecular formula is C7H18Cl2N2. The largest absolute Gasteiger partial charge is 0.317 e. The minimum Gasteiger partial charge on any atom is -0.317 e. The van der Waals surface area contributed by atoms with Crippen LogP contribution in [0.1, 0.15) is 19.8 Å². The number of hydrogen-bond acceptors (Lipinski definition) is 2. The topological polar surface area (TPSA) is 24.1 Å². The average molecular weight is 201 g/mol. The van der Waals surface area contributed by atoms with Crippen LogP contribution in [0, 0.1) is 0 Å². The molecule has 0 aromatic carbocycles. The first-order valence-corrected chi connectivity index (χ1v) is 3.87. The van der Waals surface area contributed by atoms with Crippen LogP contribution in [0.15, 0.2) is 0 Å². The molecule has 1 fully saturated rings. The third-order valence-electron chi connectivity index (χ3n) is 1.83. The minimum atomic E-state index is 0. The van der Waals surface area contributed by atoms with E-state index in [9.17, 15) is 0 Å². The fourth-order valence-corrected chi connectivity index (χ4v) is 1.31. The molecule has 0 unspecified atom stereocenters. The normalized spacial score (nSPS) is 18.3. The lowest BCUT2D eigenvalue weighted by Gasteiger charge is -2.22. The highest BCUT2D eigenvalue weighted by atomic mass is 35.5. The van der Waals surface area contributed by atoms with Crippen molar-refractivity contribution in [2.45, 2.75) is 25.8 Å². The molecule has 1 rings (SSSR count). The summed E-state index contributed by atoms with van der Waals surface area (Å²) >= 11 is 0. The maximum Gasteiger partial charge on any atom is 0.00911 e. The summed E-state index contributed by atoms with van der Waals surface area (Å²) in [6.07, 6.45) is 2.60. The van der Waals surface area contributed by atoms with Crippen molar-refractivity contribution in [3.63, 3.8) is 0 Å². The lowest BCUT2D eigenvalue weighted by atomic mass is 10.1. The van der Waals surface area contributed by atoms with Crippen molar-refractivity contribution in [2.75, 3.05) is 19.6 Å². The van der Waals surface area contributed by atoms with Crippen molar-refractivity contribution in [3.05, 3.63) is 0 Å². The van der Waals surface area contributed by atoms with Gasteiger partial charge in [0.2, 0.25) is 0 Å². The fourth-order valence-electron chi connectivity index (χ4n) is 1.31. The van der Waals surface area contributed by atoms with Crippen molar-refractivity contribution >= 4 is 24.8 Å². The standard InChI is InChI=1S/C7H16N2.2ClH/c1-2-9-7-3-5-8-6-4-7;;/h7-9H,2-6H2,1H3;2*1H. The molecule has 0 bridgehead atoms. The first-order valence-electron chi connectivity index (χ1n) is 3.87. The van der Waals surface area contributed by atoms with Gasteiger partial charge in [0.25, 0.3) is 0 Å². The quantitative estimate of drug-likeness (QED) is 0.701. The van der Waals surface area contributed by atoms with E-state index in [4.69, 9.17) is 0 Å². The second-order valence-corrected chi connectivity index (χ2v) is 2.58. The van der Waals surface area contributed by atoms with E-state index in [1.807, 2.05) is 0 Å². The minimum absolute atomic E-state index is 0. The van der Waals surface area contributed by atoms with Crippen LogP contribution < -0.4 is 10.6 Å². The van der Waals surface area contributed by atoms with E-state index in [0.29, 0.717) is 0 Å². The number of hydrogen-bond donors (Lipinski definition) is 2. The molecule has 0 amide bonds. The number of rotatable bonds is 2. The second-order valence-electron chi connectivity index (χ2n) is 2.58. The Morgan fingerprint density at radius 1 is 1.27 bits per heavy atom. The Morgan fingerprint density at radius 3 is 2.27 bits per heavy atom. The summed E-state index contributed by atoms with van der Waals surface area (Å²) in [5.41, 5.74) is 0. The Balaban J connectivity index is 0. The van der Waals surface area contributed by atoms with Gasteiger partial charge in [-0.15, -0.1) is 24.8 Å². The van der Waals surface area contributed by atoms with Gasteiger partial charge in [0, 0.05) is 6.04 Å². The first-order chi connectivity index (χ1) is 4.43. The molecule has 0 saturated carbocycles. The molecule has 0 atom stereocenters. The lowest BCUT2D eigenvalue weighted by Crippen LogP contribution is -2.39. The van der Waals surface area contributed by atoms with E-state index in [0.717, 1.165) is 12.6 Å². The highest BCUT2D eigenvalue weighted by Gasteiger charge is 2.09. The summed E-state index contributed by atoms with van der Waals surface area (Å²) in [5.74, 6) is 0. The third-order valence-corrected chi connectivity index (χ3v) is 1.83. The Hall–Kier alpha value is 0.500. The van der Waals surface area contributed by atoms with Crippen LogP contribution in [-0.2, 0) is 0 Å². The summed E-state index contributed by atoms with van der Waals surface area (Å²) in [5, 5.41) is 6.78.